The molecule has 0 radical (unpaired) electrons. The lowest BCUT2D eigenvalue weighted by Crippen LogP contribution is -2.36. The van der Waals surface area contributed by atoms with Gasteiger partial charge in [-0.1, -0.05) is 44.2 Å². The van der Waals surface area contributed by atoms with Crippen LogP contribution in [0.1, 0.15) is 48.3 Å². The van der Waals surface area contributed by atoms with Crippen molar-refractivity contribution in [1.82, 2.24) is 9.97 Å². The maximum Gasteiger partial charge on any atom is 0.277 e. The smallest absolute Gasteiger partial charge is 0.277 e. The lowest BCUT2D eigenvalue weighted by atomic mass is 10.0. The molecule has 1 aromatic heterocycles. The molecule has 1 atom stereocenters. The van der Waals surface area contributed by atoms with Crippen LogP contribution in [-0.4, -0.2) is 21.9 Å². The summed E-state index contributed by atoms with van der Waals surface area (Å²) in [5.41, 5.74) is 4.73. The number of hydrogen-bond acceptors (Lipinski definition) is 4. The molecule has 142 valence electrons. The summed E-state index contributed by atoms with van der Waals surface area (Å²) < 4.78 is 0. The summed E-state index contributed by atoms with van der Waals surface area (Å²) >= 11 is 0. The second-order valence-corrected chi connectivity index (χ2v) is 7.52. The minimum Gasteiger partial charge on any atom is -0.324 e. The van der Waals surface area contributed by atoms with Crippen molar-refractivity contribution in [2.75, 3.05) is 10.2 Å². The van der Waals surface area contributed by atoms with E-state index < -0.39 is 0 Å². The minimum absolute atomic E-state index is 0.0990. The molecule has 0 fully saturated rings. The number of carbonyl (C=O) groups excluding carboxylic acids is 1. The second kappa shape index (κ2) is 7.43. The predicted molar refractivity (Wildman–Crippen MR) is 112 cm³/mol. The molecule has 5 heteroatoms. The van der Waals surface area contributed by atoms with E-state index in [4.69, 9.17) is 0 Å². The highest BCUT2D eigenvalue weighted by atomic mass is 16.2. The molecule has 0 saturated heterocycles. The van der Waals surface area contributed by atoms with Crippen LogP contribution in [0.4, 0.5) is 17.3 Å². The van der Waals surface area contributed by atoms with Gasteiger partial charge in [-0.15, -0.1) is 0 Å². The number of carbonyl (C=O) groups is 1. The predicted octanol–water partition coefficient (Wildman–Crippen LogP) is 4.94. The Morgan fingerprint density at radius 2 is 1.86 bits per heavy atom. The Hall–Kier alpha value is -3.21. The van der Waals surface area contributed by atoms with Gasteiger partial charge < -0.3 is 10.2 Å². The van der Waals surface area contributed by atoms with E-state index in [0.29, 0.717) is 17.6 Å². The molecule has 4 rings (SSSR count). The van der Waals surface area contributed by atoms with Crippen LogP contribution >= 0.6 is 0 Å². The number of aromatic nitrogens is 2. The van der Waals surface area contributed by atoms with Gasteiger partial charge in [0.2, 0.25) is 5.95 Å². The highest BCUT2D eigenvalue weighted by molar-refractivity contribution is 6.06. The average molecular weight is 372 g/mol. The molecule has 1 unspecified atom stereocenters. The van der Waals surface area contributed by atoms with Crippen LogP contribution in [0.3, 0.4) is 0 Å². The molecule has 2 aromatic carbocycles. The topological polar surface area (TPSA) is 58.1 Å². The fraction of sp³-hybridized carbons (Fsp3) is 0.261. The Morgan fingerprint density at radius 3 is 2.61 bits per heavy atom. The number of fused-ring (bicyclic) bond motifs is 1. The van der Waals surface area contributed by atoms with Gasteiger partial charge in [0, 0.05) is 23.6 Å². The third-order valence-electron chi connectivity index (χ3n) is 5.13. The minimum atomic E-state index is -0.0990. The quantitative estimate of drug-likeness (QED) is 0.705. The molecule has 5 nitrogen and oxygen atoms in total. The van der Waals surface area contributed by atoms with E-state index in [2.05, 4.69) is 54.3 Å². The SMILES string of the molecule is CC(C)c1ccc(Nc2nccc(C(=O)N3c4ccccc4CC3C)n2)cc1. The molecular formula is C23H24N4O. The van der Waals surface area contributed by atoms with E-state index in [1.807, 2.05) is 35.2 Å². The van der Waals surface area contributed by atoms with E-state index in [1.165, 1.54) is 11.1 Å². The first-order valence-electron chi connectivity index (χ1n) is 9.64. The molecule has 0 bridgehead atoms. The van der Waals surface area contributed by atoms with Crippen molar-refractivity contribution in [3.63, 3.8) is 0 Å². The van der Waals surface area contributed by atoms with E-state index in [-0.39, 0.29) is 11.9 Å². The van der Waals surface area contributed by atoms with Crippen molar-refractivity contribution in [2.45, 2.75) is 39.2 Å². The van der Waals surface area contributed by atoms with E-state index in [9.17, 15) is 4.79 Å². The zero-order chi connectivity index (χ0) is 19.7. The van der Waals surface area contributed by atoms with Crippen LogP contribution < -0.4 is 10.2 Å². The zero-order valence-electron chi connectivity index (χ0n) is 16.4. The first kappa shape index (κ1) is 18.2. The Labute approximate surface area is 165 Å². The molecule has 1 N–H and O–H groups in total. The second-order valence-electron chi connectivity index (χ2n) is 7.52. The van der Waals surface area contributed by atoms with Crippen LogP contribution in [0.25, 0.3) is 0 Å². The Bertz CT molecular complexity index is 997. The lowest BCUT2D eigenvalue weighted by molar-refractivity contribution is 0.0976. The number of anilines is 3. The van der Waals surface area contributed by atoms with E-state index in [1.54, 1.807) is 12.3 Å². The van der Waals surface area contributed by atoms with Crippen molar-refractivity contribution in [1.29, 1.82) is 0 Å². The molecule has 0 saturated carbocycles. The monoisotopic (exact) mass is 372 g/mol. The van der Waals surface area contributed by atoms with Crippen molar-refractivity contribution in [2.24, 2.45) is 0 Å². The maximum absolute atomic E-state index is 13.2. The van der Waals surface area contributed by atoms with Crippen molar-refractivity contribution < 1.29 is 4.79 Å². The largest absolute Gasteiger partial charge is 0.324 e. The number of amides is 1. The van der Waals surface area contributed by atoms with Gasteiger partial charge in [0.1, 0.15) is 5.69 Å². The summed E-state index contributed by atoms with van der Waals surface area (Å²) in [6, 6.07) is 18.0. The van der Waals surface area contributed by atoms with Crippen LogP contribution in [0, 0.1) is 0 Å². The van der Waals surface area contributed by atoms with Gasteiger partial charge in [-0.05, 0) is 54.7 Å². The number of nitrogens with one attached hydrogen (secondary N) is 1. The molecule has 1 aliphatic rings. The van der Waals surface area contributed by atoms with Crippen LogP contribution in [0.2, 0.25) is 0 Å². The standard InChI is InChI=1S/C23H24N4O/c1-15(2)17-8-10-19(11-9-17)25-23-24-13-12-20(26-23)22(28)27-16(3)14-18-6-4-5-7-21(18)27/h4-13,15-16H,14H2,1-3H3,(H,24,25,26). The van der Waals surface area contributed by atoms with Gasteiger partial charge in [-0.25, -0.2) is 9.97 Å². The van der Waals surface area contributed by atoms with Crippen LogP contribution in [0.15, 0.2) is 60.8 Å². The Morgan fingerprint density at radius 1 is 1.11 bits per heavy atom. The summed E-state index contributed by atoms with van der Waals surface area (Å²) in [6.45, 7) is 6.39. The van der Waals surface area contributed by atoms with Gasteiger partial charge in [-0.2, -0.15) is 0 Å². The molecule has 28 heavy (non-hydrogen) atoms. The first-order valence-corrected chi connectivity index (χ1v) is 9.64. The third kappa shape index (κ3) is 3.48. The normalized spacial score (nSPS) is 15.6. The Balaban J connectivity index is 1.56. The molecule has 0 aliphatic carbocycles. The highest BCUT2D eigenvalue weighted by Gasteiger charge is 2.31. The lowest BCUT2D eigenvalue weighted by Gasteiger charge is -2.22. The van der Waals surface area contributed by atoms with Gasteiger partial charge >= 0.3 is 0 Å². The molecule has 1 aliphatic heterocycles. The summed E-state index contributed by atoms with van der Waals surface area (Å²) in [5, 5.41) is 3.19. The van der Waals surface area contributed by atoms with Gasteiger partial charge in [0.05, 0.1) is 0 Å². The zero-order valence-corrected chi connectivity index (χ0v) is 16.4. The fourth-order valence-corrected chi connectivity index (χ4v) is 3.62. The molecular weight excluding hydrogens is 348 g/mol. The highest BCUT2D eigenvalue weighted by Crippen LogP contribution is 2.32. The van der Waals surface area contributed by atoms with E-state index >= 15 is 0 Å². The summed E-state index contributed by atoms with van der Waals surface area (Å²) in [7, 11) is 0. The van der Waals surface area contributed by atoms with Gasteiger partial charge in [0.15, 0.2) is 0 Å². The number of nitrogens with zero attached hydrogens (tertiary/aromatic N) is 3. The van der Waals surface area contributed by atoms with Crippen molar-refractivity contribution in [3.8, 4) is 0 Å². The fourth-order valence-electron chi connectivity index (χ4n) is 3.62. The number of rotatable bonds is 4. The summed E-state index contributed by atoms with van der Waals surface area (Å²) in [4.78, 5) is 23.7. The molecule has 2 heterocycles. The van der Waals surface area contributed by atoms with Gasteiger partial charge in [0.25, 0.3) is 5.91 Å². The molecule has 1 amide bonds. The van der Waals surface area contributed by atoms with Gasteiger partial charge in [-0.3, -0.25) is 4.79 Å². The summed E-state index contributed by atoms with van der Waals surface area (Å²) in [6.07, 6.45) is 2.48. The van der Waals surface area contributed by atoms with E-state index in [0.717, 1.165) is 17.8 Å². The summed E-state index contributed by atoms with van der Waals surface area (Å²) in [5.74, 6) is 0.804. The van der Waals surface area contributed by atoms with Crippen LogP contribution in [0.5, 0.6) is 0 Å². The van der Waals surface area contributed by atoms with Crippen molar-refractivity contribution >= 4 is 23.2 Å². The number of hydrogen-bond donors (Lipinski definition) is 1. The average Bonchev–Trinajstić information content (AvgIpc) is 3.03. The number of para-hydroxylation sites is 1. The number of benzene rings is 2. The molecule has 3 aromatic rings. The maximum atomic E-state index is 13.2. The molecule has 0 spiro atoms. The Kier molecular flexibility index (Phi) is 4.82. The first-order chi connectivity index (χ1) is 13.5. The van der Waals surface area contributed by atoms with Crippen LogP contribution in [-0.2, 0) is 6.42 Å². The van der Waals surface area contributed by atoms with Crippen molar-refractivity contribution in [3.05, 3.63) is 77.6 Å². The third-order valence-corrected chi connectivity index (χ3v) is 5.13.